The summed E-state index contributed by atoms with van der Waals surface area (Å²) in [5.74, 6) is 0.295. The molecule has 2 aliphatic heterocycles. The van der Waals surface area contributed by atoms with Crippen LogP contribution >= 0.6 is 0 Å². The molecule has 1 N–H and O–H groups in total. The van der Waals surface area contributed by atoms with Crippen molar-refractivity contribution in [2.75, 3.05) is 19.6 Å². The van der Waals surface area contributed by atoms with Gasteiger partial charge in [0.1, 0.15) is 6.04 Å². The van der Waals surface area contributed by atoms with Gasteiger partial charge < -0.3 is 10.2 Å². The Morgan fingerprint density at radius 1 is 1.15 bits per heavy atom. The Hall–Kier alpha value is -1.88. The van der Waals surface area contributed by atoms with E-state index in [2.05, 4.69) is 17.4 Å². The summed E-state index contributed by atoms with van der Waals surface area (Å²) in [5.41, 5.74) is 1.22. The number of carbonyl (C=O) groups excluding carboxylic acids is 2. The molecule has 3 fully saturated rings. The number of benzene rings is 1. The molecule has 5 nitrogen and oxygen atoms in total. The zero-order chi connectivity index (χ0) is 13.7. The molecule has 1 aromatic carbocycles. The van der Waals surface area contributed by atoms with Crippen LogP contribution in [0.1, 0.15) is 17.9 Å². The molecule has 20 heavy (non-hydrogen) atoms. The number of carbonyl (C=O) groups is 2. The Kier molecular flexibility index (Phi) is 2.57. The van der Waals surface area contributed by atoms with Gasteiger partial charge in [0.05, 0.1) is 0 Å². The van der Waals surface area contributed by atoms with E-state index in [0.717, 1.165) is 13.0 Å². The third kappa shape index (κ3) is 1.66. The molecule has 2 saturated heterocycles. The van der Waals surface area contributed by atoms with Gasteiger partial charge in [-0.1, -0.05) is 30.3 Å². The molecule has 0 radical (unpaired) electrons. The normalized spacial score (nSPS) is 32.5. The van der Waals surface area contributed by atoms with Gasteiger partial charge in [0.15, 0.2) is 0 Å². The second-order valence-electron chi connectivity index (χ2n) is 5.72. The van der Waals surface area contributed by atoms with Gasteiger partial charge in [0, 0.05) is 31.6 Å². The molecule has 3 atom stereocenters. The fourth-order valence-electron chi connectivity index (χ4n) is 3.38. The summed E-state index contributed by atoms with van der Waals surface area (Å²) in [7, 11) is 0. The van der Waals surface area contributed by atoms with Crippen molar-refractivity contribution in [3.63, 3.8) is 0 Å². The first-order valence-corrected chi connectivity index (χ1v) is 7.16. The second kappa shape index (κ2) is 4.31. The lowest BCUT2D eigenvalue weighted by atomic mass is 10.1. The average molecular weight is 271 g/mol. The first-order valence-electron chi connectivity index (χ1n) is 7.16. The fourth-order valence-corrected chi connectivity index (χ4v) is 3.38. The summed E-state index contributed by atoms with van der Waals surface area (Å²) >= 11 is 0. The largest absolute Gasteiger partial charge is 0.327 e. The van der Waals surface area contributed by atoms with Gasteiger partial charge in [-0.2, -0.15) is 0 Å². The molecule has 104 valence electrons. The number of nitrogens with zero attached hydrogens (tertiary/aromatic N) is 2. The van der Waals surface area contributed by atoms with Gasteiger partial charge in [-0.05, 0) is 12.0 Å². The van der Waals surface area contributed by atoms with Crippen molar-refractivity contribution in [3.05, 3.63) is 35.9 Å². The molecule has 0 aromatic heterocycles. The second-order valence-corrected chi connectivity index (χ2v) is 5.72. The first kappa shape index (κ1) is 11.9. The number of hydrogen-bond acceptors (Lipinski definition) is 3. The van der Waals surface area contributed by atoms with Gasteiger partial charge in [0.25, 0.3) is 5.91 Å². The molecule has 3 aliphatic rings. The lowest BCUT2D eigenvalue weighted by molar-refractivity contribution is -0.128. The highest BCUT2D eigenvalue weighted by molar-refractivity contribution is 6.05. The molecule has 3 amide bonds. The number of urea groups is 1. The predicted molar refractivity (Wildman–Crippen MR) is 73.2 cm³/mol. The van der Waals surface area contributed by atoms with Crippen LogP contribution in [0.25, 0.3) is 0 Å². The van der Waals surface area contributed by atoms with Crippen LogP contribution in [0.4, 0.5) is 4.79 Å². The topological polar surface area (TPSA) is 52.7 Å². The van der Waals surface area contributed by atoms with Crippen LogP contribution in [0.15, 0.2) is 30.3 Å². The number of hydrogen-bond donors (Lipinski definition) is 1. The molecule has 4 rings (SSSR count). The summed E-state index contributed by atoms with van der Waals surface area (Å²) in [6.45, 7) is 1.99. The van der Waals surface area contributed by atoms with Crippen LogP contribution < -0.4 is 5.32 Å². The number of rotatable bonds is 2. The zero-order valence-electron chi connectivity index (χ0n) is 11.2. The highest BCUT2D eigenvalue weighted by Gasteiger charge is 2.55. The van der Waals surface area contributed by atoms with E-state index in [9.17, 15) is 9.59 Å². The van der Waals surface area contributed by atoms with Crippen LogP contribution in [0.3, 0.4) is 0 Å². The summed E-state index contributed by atoms with van der Waals surface area (Å²) in [4.78, 5) is 28.1. The van der Waals surface area contributed by atoms with Crippen molar-refractivity contribution >= 4 is 11.9 Å². The SMILES string of the molecule is O=C1C2CNCCN2C(=O)N1[C@@H]1C[C@H]1c1ccccc1. The van der Waals surface area contributed by atoms with Crippen molar-refractivity contribution in [2.24, 2.45) is 0 Å². The average Bonchev–Trinajstić information content (AvgIpc) is 3.24. The molecule has 2 heterocycles. The fraction of sp³-hybridized carbons (Fsp3) is 0.467. The van der Waals surface area contributed by atoms with Crippen molar-refractivity contribution < 1.29 is 9.59 Å². The molecule has 1 saturated carbocycles. The summed E-state index contributed by atoms with van der Waals surface area (Å²) in [6.07, 6.45) is 0.898. The minimum absolute atomic E-state index is 0.0226. The molecular weight excluding hydrogens is 254 g/mol. The minimum Gasteiger partial charge on any atom is -0.312 e. The number of piperazine rings is 1. The van der Waals surface area contributed by atoms with Gasteiger partial charge in [-0.3, -0.25) is 9.69 Å². The third-order valence-electron chi connectivity index (χ3n) is 4.53. The van der Waals surface area contributed by atoms with Crippen molar-refractivity contribution in [1.82, 2.24) is 15.1 Å². The van der Waals surface area contributed by atoms with Gasteiger partial charge in [0.2, 0.25) is 0 Å². The molecule has 5 heteroatoms. The number of fused-ring (bicyclic) bond motifs is 1. The van der Waals surface area contributed by atoms with E-state index in [-0.39, 0.29) is 24.0 Å². The van der Waals surface area contributed by atoms with Crippen LogP contribution in [0.5, 0.6) is 0 Å². The minimum atomic E-state index is -0.284. The molecule has 1 aromatic rings. The van der Waals surface area contributed by atoms with E-state index < -0.39 is 0 Å². The van der Waals surface area contributed by atoms with Gasteiger partial charge >= 0.3 is 6.03 Å². The first-order chi connectivity index (χ1) is 9.77. The Labute approximate surface area is 117 Å². The molecule has 0 spiro atoms. The molecule has 1 unspecified atom stereocenters. The van der Waals surface area contributed by atoms with Crippen LogP contribution in [-0.4, -0.2) is 53.5 Å². The number of imide groups is 1. The van der Waals surface area contributed by atoms with Gasteiger partial charge in [-0.15, -0.1) is 0 Å². The smallest absolute Gasteiger partial charge is 0.312 e. The molecule has 0 bridgehead atoms. The lowest BCUT2D eigenvalue weighted by Gasteiger charge is -2.26. The van der Waals surface area contributed by atoms with Crippen molar-refractivity contribution in [3.8, 4) is 0 Å². The van der Waals surface area contributed by atoms with Crippen molar-refractivity contribution in [1.29, 1.82) is 0 Å². The van der Waals surface area contributed by atoms with E-state index in [1.54, 1.807) is 4.90 Å². The van der Waals surface area contributed by atoms with Crippen molar-refractivity contribution in [2.45, 2.75) is 24.4 Å². The highest BCUT2D eigenvalue weighted by atomic mass is 16.2. The van der Waals surface area contributed by atoms with Gasteiger partial charge in [-0.25, -0.2) is 4.79 Å². The molecule has 1 aliphatic carbocycles. The number of amides is 3. The third-order valence-corrected chi connectivity index (χ3v) is 4.53. The maximum atomic E-state index is 12.4. The quantitative estimate of drug-likeness (QED) is 0.809. The zero-order valence-corrected chi connectivity index (χ0v) is 11.2. The summed E-state index contributed by atoms with van der Waals surface area (Å²) in [5, 5.41) is 3.19. The molecular formula is C15H17N3O2. The maximum Gasteiger partial charge on any atom is 0.327 e. The Bertz CT molecular complexity index is 535. The van der Waals surface area contributed by atoms with Crippen LogP contribution in [0.2, 0.25) is 0 Å². The predicted octanol–water partition coefficient (Wildman–Crippen LogP) is 0.779. The van der Waals surface area contributed by atoms with E-state index in [1.807, 2.05) is 18.2 Å². The van der Waals surface area contributed by atoms with Crippen LogP contribution in [0, 0.1) is 0 Å². The van der Waals surface area contributed by atoms with E-state index >= 15 is 0 Å². The lowest BCUT2D eigenvalue weighted by Crippen LogP contribution is -2.51. The number of nitrogens with one attached hydrogen (secondary N) is 1. The van der Waals surface area contributed by atoms with E-state index in [4.69, 9.17) is 0 Å². The standard InChI is InChI=1S/C15H17N3O2/c19-14-13-9-16-6-7-17(13)15(20)18(14)12-8-11(12)10-4-2-1-3-5-10/h1-5,11-13,16H,6-9H2/t11-,12+,13?/m0/s1. The van der Waals surface area contributed by atoms with E-state index in [0.29, 0.717) is 19.0 Å². The summed E-state index contributed by atoms with van der Waals surface area (Å²) in [6, 6.07) is 9.83. The Morgan fingerprint density at radius 3 is 2.70 bits per heavy atom. The van der Waals surface area contributed by atoms with Crippen LogP contribution in [-0.2, 0) is 4.79 Å². The van der Waals surface area contributed by atoms with E-state index in [1.165, 1.54) is 10.5 Å². The Morgan fingerprint density at radius 2 is 1.95 bits per heavy atom. The maximum absolute atomic E-state index is 12.4. The highest BCUT2D eigenvalue weighted by Crippen LogP contribution is 2.46. The monoisotopic (exact) mass is 271 g/mol. The summed E-state index contributed by atoms with van der Waals surface area (Å²) < 4.78 is 0. The Balaban J connectivity index is 1.55.